The molecule has 0 rings (SSSR count). The first-order valence-corrected chi connectivity index (χ1v) is 3.72. The van der Waals surface area contributed by atoms with Crippen LogP contribution < -0.4 is 0 Å². The molecule has 4 heteroatoms. The molecule has 4 nitrogen and oxygen atoms in total. The maximum absolute atomic E-state index is 11.4. The summed E-state index contributed by atoms with van der Waals surface area (Å²) in [4.78, 5) is 32.6. The second kappa shape index (κ2) is 4.01. The minimum atomic E-state index is -0.935. The summed E-state index contributed by atoms with van der Waals surface area (Å²) in [7, 11) is 1.11. The zero-order valence-corrected chi connectivity index (χ0v) is 8.13. The van der Waals surface area contributed by atoms with Crippen molar-refractivity contribution in [3.8, 4) is 0 Å². The normalized spacial score (nSPS) is 10.2. The molecule has 0 bridgehead atoms. The third-order valence-electron chi connectivity index (χ3n) is 1.40. The Morgan fingerprint density at radius 3 is 1.92 bits per heavy atom. The topological polar surface area (TPSA) is 60.4 Å². The Morgan fingerprint density at radius 2 is 1.69 bits per heavy atom. The van der Waals surface area contributed by atoms with E-state index in [9.17, 15) is 14.4 Å². The van der Waals surface area contributed by atoms with Crippen molar-refractivity contribution in [1.29, 1.82) is 0 Å². The molecule has 0 heterocycles. The summed E-state index contributed by atoms with van der Waals surface area (Å²) in [6, 6.07) is 0. The second-order valence-electron chi connectivity index (χ2n) is 3.55. The average Bonchev–Trinajstić information content (AvgIpc) is 2.03. The number of esters is 1. The molecule has 0 amide bonds. The van der Waals surface area contributed by atoms with Gasteiger partial charge in [0.15, 0.2) is 11.4 Å². The van der Waals surface area contributed by atoms with Gasteiger partial charge in [-0.3, -0.25) is 4.79 Å². The van der Waals surface area contributed by atoms with Gasteiger partial charge in [-0.05, 0) is 0 Å². The number of carbonyl (C=O) groups is 2. The summed E-state index contributed by atoms with van der Waals surface area (Å²) in [6.07, 6.45) is 0. The molecule has 0 aromatic heterocycles. The van der Waals surface area contributed by atoms with Crippen molar-refractivity contribution in [3.05, 3.63) is 5.57 Å². The minimum Gasteiger partial charge on any atom is -0.465 e. The van der Waals surface area contributed by atoms with Gasteiger partial charge in [0.25, 0.3) is 0 Å². The SMILES string of the molecule is COC(=O)C(=C=O)C(=O)C(C)(C)C. The molecule has 13 heavy (non-hydrogen) atoms. The van der Waals surface area contributed by atoms with E-state index in [1.54, 1.807) is 20.8 Å². The Bertz CT molecular complexity index is 276. The van der Waals surface area contributed by atoms with Crippen molar-refractivity contribution < 1.29 is 19.1 Å². The number of ether oxygens (including phenoxy) is 1. The van der Waals surface area contributed by atoms with Gasteiger partial charge < -0.3 is 4.74 Å². The van der Waals surface area contributed by atoms with Crippen LogP contribution in [0.4, 0.5) is 0 Å². The molecule has 0 spiro atoms. The van der Waals surface area contributed by atoms with Crippen LogP contribution in [0.1, 0.15) is 20.8 Å². The number of Topliss-reactive ketones (excluding diaryl/α,β-unsaturated/α-hetero) is 1. The molecule has 72 valence electrons. The number of carbonyl (C=O) groups excluding carboxylic acids is 3. The summed E-state index contributed by atoms with van der Waals surface area (Å²) in [5.74, 6) is -0.194. The minimum absolute atomic E-state index is 0.560. The highest BCUT2D eigenvalue weighted by Gasteiger charge is 2.30. The molecule has 0 saturated heterocycles. The van der Waals surface area contributed by atoms with E-state index in [0.717, 1.165) is 7.11 Å². The molecule has 0 atom stereocenters. The van der Waals surface area contributed by atoms with E-state index in [4.69, 9.17) is 0 Å². The van der Waals surface area contributed by atoms with Gasteiger partial charge in [-0.25, -0.2) is 9.59 Å². The van der Waals surface area contributed by atoms with Crippen molar-refractivity contribution in [1.82, 2.24) is 0 Å². The monoisotopic (exact) mass is 184 g/mol. The van der Waals surface area contributed by atoms with Crippen LogP contribution in [0.15, 0.2) is 5.57 Å². The molecular formula is C9H12O4. The zero-order valence-electron chi connectivity index (χ0n) is 8.13. The molecule has 0 aromatic carbocycles. The van der Waals surface area contributed by atoms with Crippen LogP contribution in [-0.4, -0.2) is 24.8 Å². The average molecular weight is 184 g/mol. The fourth-order valence-corrected chi connectivity index (χ4v) is 0.658. The van der Waals surface area contributed by atoms with Crippen LogP contribution in [0.2, 0.25) is 0 Å². The highest BCUT2D eigenvalue weighted by molar-refractivity contribution is 6.24. The van der Waals surface area contributed by atoms with Gasteiger partial charge in [0, 0.05) is 5.41 Å². The predicted octanol–water partition coefficient (Wildman–Crippen LogP) is 0.533. The van der Waals surface area contributed by atoms with Crippen molar-refractivity contribution >= 4 is 17.7 Å². The summed E-state index contributed by atoms with van der Waals surface area (Å²) < 4.78 is 4.26. The van der Waals surface area contributed by atoms with Gasteiger partial charge in [0.2, 0.25) is 0 Å². The van der Waals surface area contributed by atoms with E-state index in [-0.39, 0.29) is 0 Å². The first-order valence-electron chi connectivity index (χ1n) is 3.72. The van der Waals surface area contributed by atoms with Crippen LogP contribution in [-0.2, 0) is 19.1 Å². The third kappa shape index (κ3) is 2.84. The number of rotatable bonds is 2. The van der Waals surface area contributed by atoms with E-state index in [2.05, 4.69) is 4.74 Å². The summed E-state index contributed by atoms with van der Waals surface area (Å²) in [5, 5.41) is 0. The van der Waals surface area contributed by atoms with Crippen LogP contribution in [0.3, 0.4) is 0 Å². The van der Waals surface area contributed by atoms with Crippen LogP contribution >= 0.6 is 0 Å². The molecule has 0 aliphatic heterocycles. The highest BCUT2D eigenvalue weighted by atomic mass is 16.5. The maximum atomic E-state index is 11.4. The van der Waals surface area contributed by atoms with Gasteiger partial charge in [-0.1, -0.05) is 20.8 Å². The molecule has 0 fully saturated rings. The molecule has 0 unspecified atom stereocenters. The lowest BCUT2D eigenvalue weighted by Crippen LogP contribution is -2.27. The fraction of sp³-hybridized carbons (Fsp3) is 0.556. The largest absolute Gasteiger partial charge is 0.465 e. The third-order valence-corrected chi connectivity index (χ3v) is 1.40. The fourth-order valence-electron chi connectivity index (χ4n) is 0.658. The van der Waals surface area contributed by atoms with E-state index in [1.807, 2.05) is 0 Å². The lowest BCUT2D eigenvalue weighted by molar-refractivity contribution is -0.138. The highest BCUT2D eigenvalue weighted by Crippen LogP contribution is 2.18. The quantitative estimate of drug-likeness (QED) is 0.206. The lowest BCUT2D eigenvalue weighted by atomic mass is 9.87. The van der Waals surface area contributed by atoms with Crippen molar-refractivity contribution in [2.75, 3.05) is 7.11 Å². The van der Waals surface area contributed by atoms with Gasteiger partial charge in [-0.2, -0.15) is 0 Å². The smallest absolute Gasteiger partial charge is 0.352 e. The number of ketones is 1. The van der Waals surface area contributed by atoms with Crippen LogP contribution in [0.5, 0.6) is 0 Å². The number of hydrogen-bond acceptors (Lipinski definition) is 4. The zero-order chi connectivity index (χ0) is 10.6. The van der Waals surface area contributed by atoms with Crippen molar-refractivity contribution in [2.45, 2.75) is 20.8 Å². The molecule has 0 saturated carbocycles. The first kappa shape index (κ1) is 11.6. The Hall–Kier alpha value is -1.41. The number of hydrogen-bond donors (Lipinski definition) is 0. The standard InChI is InChI=1S/C9H12O4/c1-9(2,3)7(11)6(5-10)8(12)13-4/h1-4H3. The van der Waals surface area contributed by atoms with Gasteiger partial charge in [-0.15, -0.1) is 0 Å². The van der Waals surface area contributed by atoms with E-state index in [0.29, 0.717) is 0 Å². The lowest BCUT2D eigenvalue weighted by Gasteiger charge is -2.15. The molecule has 0 N–H and O–H groups in total. The van der Waals surface area contributed by atoms with E-state index >= 15 is 0 Å². The molecule has 0 aromatic rings. The summed E-state index contributed by atoms with van der Waals surface area (Å²) >= 11 is 0. The number of methoxy groups -OCH3 is 1. The molecule has 0 aliphatic rings. The van der Waals surface area contributed by atoms with Crippen LogP contribution in [0.25, 0.3) is 0 Å². The maximum Gasteiger partial charge on any atom is 0.352 e. The van der Waals surface area contributed by atoms with Crippen molar-refractivity contribution in [2.24, 2.45) is 5.41 Å². The van der Waals surface area contributed by atoms with E-state index in [1.165, 1.54) is 5.94 Å². The van der Waals surface area contributed by atoms with Gasteiger partial charge in [0.1, 0.15) is 5.94 Å². The van der Waals surface area contributed by atoms with E-state index < -0.39 is 22.7 Å². The second-order valence-corrected chi connectivity index (χ2v) is 3.55. The predicted molar refractivity (Wildman–Crippen MR) is 45.7 cm³/mol. The molecular weight excluding hydrogens is 172 g/mol. The molecule has 0 radical (unpaired) electrons. The summed E-state index contributed by atoms with van der Waals surface area (Å²) in [5.41, 5.74) is -1.34. The first-order chi connectivity index (χ1) is 5.84. The Balaban J connectivity index is 4.96. The van der Waals surface area contributed by atoms with Gasteiger partial charge in [0.05, 0.1) is 7.11 Å². The Kier molecular flexibility index (Phi) is 3.57. The molecule has 0 aliphatic carbocycles. The van der Waals surface area contributed by atoms with Gasteiger partial charge >= 0.3 is 5.97 Å². The summed E-state index contributed by atoms with van der Waals surface area (Å²) in [6.45, 7) is 4.82. The van der Waals surface area contributed by atoms with Crippen LogP contribution in [0, 0.1) is 5.41 Å². The van der Waals surface area contributed by atoms with Crippen molar-refractivity contribution in [3.63, 3.8) is 0 Å². The Labute approximate surface area is 76.6 Å². The Morgan fingerprint density at radius 1 is 1.23 bits per heavy atom.